The van der Waals surface area contributed by atoms with Gasteiger partial charge in [-0.3, -0.25) is 0 Å². The van der Waals surface area contributed by atoms with Crippen LogP contribution in [0.4, 0.5) is 0 Å². The summed E-state index contributed by atoms with van der Waals surface area (Å²) in [4.78, 5) is 10.6. The van der Waals surface area contributed by atoms with Gasteiger partial charge < -0.3 is 0 Å². The molecule has 0 N–H and O–H groups in total. The number of allylic oxidation sites excluding steroid dienone is 6. The second kappa shape index (κ2) is 15.5. The zero-order valence-corrected chi connectivity index (χ0v) is 32.1. The maximum atomic E-state index is 5.36. The van der Waals surface area contributed by atoms with Crippen molar-refractivity contribution in [2.45, 2.75) is 19.8 Å². The van der Waals surface area contributed by atoms with E-state index in [-0.39, 0.29) is 0 Å². The van der Waals surface area contributed by atoms with Crippen LogP contribution in [0.1, 0.15) is 30.2 Å². The van der Waals surface area contributed by atoms with Gasteiger partial charge in [-0.1, -0.05) is 196 Å². The maximum absolute atomic E-state index is 5.36. The Balaban J connectivity index is 1.26. The molecule has 9 aromatic rings. The topological polar surface area (TPSA) is 25.8 Å². The normalized spacial score (nSPS) is 11.9. The van der Waals surface area contributed by atoms with Crippen LogP contribution in [0.5, 0.6) is 0 Å². The van der Waals surface area contributed by atoms with Crippen molar-refractivity contribution < 1.29 is 0 Å². The summed E-state index contributed by atoms with van der Waals surface area (Å²) in [6.07, 6.45) is 10.1. The Hall–Kier alpha value is -7.16. The van der Waals surface area contributed by atoms with E-state index in [0.717, 1.165) is 51.1 Å². The second-order valence-corrected chi connectivity index (χ2v) is 14.4. The molecule has 0 amide bonds. The van der Waals surface area contributed by atoms with Crippen molar-refractivity contribution in [3.8, 4) is 33.5 Å². The highest BCUT2D eigenvalue weighted by Crippen LogP contribution is 2.45. The lowest BCUT2D eigenvalue weighted by atomic mass is 9.83. The predicted molar refractivity (Wildman–Crippen MR) is 245 cm³/mol. The Morgan fingerprint density at radius 1 is 0.544 bits per heavy atom. The molecule has 2 heteroatoms. The summed E-state index contributed by atoms with van der Waals surface area (Å²) in [6.45, 7) is 10.2. The molecule has 0 saturated heterocycles. The van der Waals surface area contributed by atoms with E-state index in [9.17, 15) is 0 Å². The zero-order valence-electron chi connectivity index (χ0n) is 32.1. The molecule has 9 rings (SSSR count). The van der Waals surface area contributed by atoms with Gasteiger partial charge in [-0.05, 0) is 95.4 Å². The summed E-state index contributed by atoms with van der Waals surface area (Å²) in [6, 6.07) is 58.5. The first-order chi connectivity index (χ1) is 28.1. The van der Waals surface area contributed by atoms with Gasteiger partial charge in [0.15, 0.2) is 0 Å². The van der Waals surface area contributed by atoms with Crippen molar-refractivity contribution in [3.63, 3.8) is 0 Å². The third-order valence-electron chi connectivity index (χ3n) is 11.0. The maximum Gasteiger partial charge on any atom is 0.0969 e. The Morgan fingerprint density at radius 2 is 1.09 bits per heavy atom. The van der Waals surface area contributed by atoms with Gasteiger partial charge in [0.05, 0.1) is 22.4 Å². The Kier molecular flexibility index (Phi) is 9.68. The fourth-order valence-corrected chi connectivity index (χ4v) is 8.20. The molecule has 1 heterocycles. The summed E-state index contributed by atoms with van der Waals surface area (Å²) in [5, 5.41) is 7.37. The summed E-state index contributed by atoms with van der Waals surface area (Å²) in [5.41, 5.74) is 13.9. The van der Waals surface area contributed by atoms with E-state index in [4.69, 9.17) is 9.97 Å². The fraction of sp³-hybridized carbons (Fsp3) is 0.0545. The predicted octanol–water partition coefficient (Wildman–Crippen LogP) is 14.9. The average molecular weight is 731 g/mol. The van der Waals surface area contributed by atoms with Crippen molar-refractivity contribution >= 4 is 54.5 Å². The van der Waals surface area contributed by atoms with Crippen LogP contribution in [-0.2, 0) is 6.42 Å². The van der Waals surface area contributed by atoms with Gasteiger partial charge in [0, 0.05) is 12.0 Å². The van der Waals surface area contributed by atoms with Crippen molar-refractivity contribution in [1.82, 2.24) is 9.97 Å². The highest BCUT2D eigenvalue weighted by molar-refractivity contribution is 6.20. The number of nitrogens with zero attached hydrogens (tertiary/aromatic N) is 2. The van der Waals surface area contributed by atoms with E-state index in [1.807, 2.05) is 24.3 Å². The first-order valence-corrected chi connectivity index (χ1v) is 19.7. The number of rotatable bonds is 10. The third kappa shape index (κ3) is 6.66. The van der Waals surface area contributed by atoms with Crippen LogP contribution in [0.2, 0.25) is 0 Å². The standard InChI is InChI=1S/C55H42N2/c1-4-6-8-21-41(55-54(40-19-9-7-10-20-40)56-51-28-17-18-29-52(51)57-55)36-50-45-24-13-15-26-47(45)53(48-27-16-14-25-46(48)50)49-35-34-42(43-22-11-12-23-44(43)49)39-32-30-38(31-33-39)37(3)5-2/h5-35H,2-4,36H2,1H3/b8-6-,41-21+. The summed E-state index contributed by atoms with van der Waals surface area (Å²) < 4.78 is 0. The van der Waals surface area contributed by atoms with Crippen LogP contribution in [0, 0.1) is 0 Å². The van der Waals surface area contributed by atoms with Crippen LogP contribution in [0.15, 0.2) is 201 Å². The van der Waals surface area contributed by atoms with Gasteiger partial charge in [0.25, 0.3) is 0 Å². The molecule has 0 aliphatic carbocycles. The summed E-state index contributed by atoms with van der Waals surface area (Å²) >= 11 is 0. The lowest BCUT2D eigenvalue weighted by Gasteiger charge is -2.21. The van der Waals surface area contributed by atoms with Crippen molar-refractivity contribution in [3.05, 3.63) is 218 Å². The monoisotopic (exact) mass is 730 g/mol. The highest BCUT2D eigenvalue weighted by Gasteiger charge is 2.21. The van der Waals surface area contributed by atoms with Crippen LogP contribution in [0.3, 0.4) is 0 Å². The van der Waals surface area contributed by atoms with Crippen LogP contribution in [0.25, 0.3) is 88.0 Å². The number of hydrogen-bond donors (Lipinski definition) is 0. The smallest absolute Gasteiger partial charge is 0.0969 e. The van der Waals surface area contributed by atoms with Gasteiger partial charge in [0.1, 0.15) is 0 Å². The van der Waals surface area contributed by atoms with Crippen molar-refractivity contribution in [2.24, 2.45) is 0 Å². The van der Waals surface area contributed by atoms with Crippen LogP contribution < -0.4 is 0 Å². The molecule has 0 saturated carbocycles. The van der Waals surface area contributed by atoms with E-state index in [1.165, 1.54) is 60.1 Å². The molecule has 0 atom stereocenters. The van der Waals surface area contributed by atoms with E-state index < -0.39 is 0 Å². The van der Waals surface area contributed by atoms with Gasteiger partial charge in [-0.2, -0.15) is 0 Å². The van der Waals surface area contributed by atoms with Gasteiger partial charge in [-0.25, -0.2) is 9.97 Å². The molecule has 2 nitrogen and oxygen atoms in total. The van der Waals surface area contributed by atoms with E-state index in [2.05, 4.69) is 178 Å². The number of benzene rings is 8. The number of aromatic nitrogens is 2. The van der Waals surface area contributed by atoms with E-state index in [0.29, 0.717) is 6.42 Å². The quantitative estimate of drug-likeness (QED) is 0.103. The van der Waals surface area contributed by atoms with Gasteiger partial charge in [0.2, 0.25) is 0 Å². The first kappa shape index (κ1) is 35.5. The fourth-order valence-electron chi connectivity index (χ4n) is 8.20. The molecule has 0 radical (unpaired) electrons. The molecule has 0 bridgehead atoms. The lowest BCUT2D eigenvalue weighted by Crippen LogP contribution is -2.02. The molecule has 1 aromatic heterocycles. The van der Waals surface area contributed by atoms with Crippen LogP contribution in [-0.4, -0.2) is 9.97 Å². The molecule has 272 valence electrons. The largest absolute Gasteiger partial charge is 0.244 e. The zero-order chi connectivity index (χ0) is 38.7. The Labute approximate surface area is 334 Å². The number of para-hydroxylation sites is 2. The molecule has 0 aliphatic heterocycles. The van der Waals surface area contributed by atoms with Crippen molar-refractivity contribution in [1.29, 1.82) is 0 Å². The Morgan fingerprint density at radius 3 is 1.72 bits per heavy atom. The molecule has 57 heavy (non-hydrogen) atoms. The van der Waals surface area contributed by atoms with E-state index in [1.54, 1.807) is 6.08 Å². The molecule has 8 aromatic carbocycles. The summed E-state index contributed by atoms with van der Waals surface area (Å²) in [5.74, 6) is 0. The highest BCUT2D eigenvalue weighted by atomic mass is 14.8. The minimum atomic E-state index is 0.677. The Bertz CT molecular complexity index is 2980. The second-order valence-electron chi connectivity index (χ2n) is 14.4. The molecule has 0 spiro atoms. The van der Waals surface area contributed by atoms with Gasteiger partial charge >= 0.3 is 0 Å². The molecule has 0 fully saturated rings. The molecule has 0 aliphatic rings. The average Bonchev–Trinajstić information content (AvgIpc) is 3.28. The minimum Gasteiger partial charge on any atom is -0.244 e. The number of hydrogen-bond acceptors (Lipinski definition) is 2. The molecule has 0 unspecified atom stereocenters. The first-order valence-electron chi connectivity index (χ1n) is 19.7. The lowest BCUT2D eigenvalue weighted by molar-refractivity contribution is 1.20. The van der Waals surface area contributed by atoms with E-state index >= 15 is 0 Å². The molecular formula is C55H42N2. The summed E-state index contributed by atoms with van der Waals surface area (Å²) in [7, 11) is 0. The SMILES string of the molecule is C=CC(=C)c1ccc(-c2ccc(-c3c4ccccc4c(C/C(=C\C=C/CC)c4nc5ccccc5nc4-c4ccccc4)c4ccccc34)c3ccccc23)cc1. The molecular weight excluding hydrogens is 689 g/mol. The third-order valence-corrected chi connectivity index (χ3v) is 11.0. The van der Waals surface area contributed by atoms with Gasteiger partial charge in [-0.15, -0.1) is 0 Å². The number of fused-ring (bicyclic) bond motifs is 4. The minimum absolute atomic E-state index is 0.677. The van der Waals surface area contributed by atoms with Crippen LogP contribution >= 0.6 is 0 Å². The van der Waals surface area contributed by atoms with Crippen molar-refractivity contribution in [2.75, 3.05) is 0 Å².